The molecular weight excluding hydrogens is 214 g/mol. The SMILES string of the molecule is CC.CCC.CCCNC(=O)OC1CCCC1. The van der Waals surface area contributed by atoms with Gasteiger partial charge in [0.25, 0.3) is 0 Å². The third-order valence-electron chi connectivity index (χ3n) is 2.10. The second-order valence-electron chi connectivity index (χ2n) is 3.95. The van der Waals surface area contributed by atoms with Crippen LogP contribution in [0.25, 0.3) is 0 Å². The summed E-state index contributed by atoms with van der Waals surface area (Å²) in [6.07, 6.45) is 6.63. The molecule has 104 valence electrons. The van der Waals surface area contributed by atoms with Crippen LogP contribution in [0.1, 0.15) is 73.1 Å². The molecule has 1 fully saturated rings. The van der Waals surface area contributed by atoms with Crippen LogP contribution in [-0.4, -0.2) is 18.7 Å². The lowest BCUT2D eigenvalue weighted by Gasteiger charge is -2.11. The Morgan fingerprint density at radius 3 is 2.06 bits per heavy atom. The van der Waals surface area contributed by atoms with Gasteiger partial charge in [-0.25, -0.2) is 4.79 Å². The standard InChI is InChI=1S/C9H17NO2.C3H8.C2H6/c1-2-7-10-9(11)12-8-5-3-4-6-8;1-3-2;1-2/h8H,2-7H2,1H3,(H,10,11);3H2,1-2H3;1-2H3. The summed E-state index contributed by atoms with van der Waals surface area (Å²) in [7, 11) is 0. The molecule has 1 rings (SSSR count). The minimum atomic E-state index is -0.247. The largest absolute Gasteiger partial charge is 0.446 e. The Bertz CT molecular complexity index is 154. The molecule has 0 bridgehead atoms. The van der Waals surface area contributed by atoms with Crippen molar-refractivity contribution in [1.29, 1.82) is 0 Å². The van der Waals surface area contributed by atoms with Gasteiger partial charge in [-0.3, -0.25) is 0 Å². The Kier molecular flexibility index (Phi) is 16.7. The Labute approximate surface area is 107 Å². The average molecular weight is 245 g/mol. The minimum absolute atomic E-state index is 0.182. The molecule has 1 saturated carbocycles. The summed E-state index contributed by atoms with van der Waals surface area (Å²) in [5.74, 6) is 0. The highest BCUT2D eigenvalue weighted by molar-refractivity contribution is 5.67. The first-order valence-electron chi connectivity index (χ1n) is 7.19. The van der Waals surface area contributed by atoms with Crippen LogP contribution in [-0.2, 0) is 4.74 Å². The van der Waals surface area contributed by atoms with Gasteiger partial charge in [0.2, 0.25) is 0 Å². The van der Waals surface area contributed by atoms with Crippen LogP contribution in [0, 0.1) is 0 Å². The van der Waals surface area contributed by atoms with E-state index < -0.39 is 0 Å². The molecule has 3 nitrogen and oxygen atoms in total. The Hall–Kier alpha value is -0.730. The van der Waals surface area contributed by atoms with Crippen molar-refractivity contribution in [1.82, 2.24) is 5.32 Å². The van der Waals surface area contributed by atoms with E-state index in [1.54, 1.807) is 0 Å². The first-order chi connectivity index (χ1) is 8.24. The van der Waals surface area contributed by atoms with E-state index in [1.807, 2.05) is 20.8 Å². The van der Waals surface area contributed by atoms with E-state index >= 15 is 0 Å². The second-order valence-corrected chi connectivity index (χ2v) is 3.95. The number of carbonyl (C=O) groups excluding carboxylic acids is 1. The van der Waals surface area contributed by atoms with Crippen molar-refractivity contribution >= 4 is 6.09 Å². The van der Waals surface area contributed by atoms with Gasteiger partial charge in [-0.15, -0.1) is 0 Å². The maximum absolute atomic E-state index is 11.0. The number of amides is 1. The Morgan fingerprint density at radius 2 is 1.65 bits per heavy atom. The number of hydrogen-bond donors (Lipinski definition) is 1. The van der Waals surface area contributed by atoms with E-state index in [0.29, 0.717) is 6.54 Å². The molecule has 17 heavy (non-hydrogen) atoms. The van der Waals surface area contributed by atoms with Crippen LogP contribution in [0.3, 0.4) is 0 Å². The van der Waals surface area contributed by atoms with E-state index in [9.17, 15) is 4.79 Å². The van der Waals surface area contributed by atoms with Gasteiger partial charge in [0, 0.05) is 6.54 Å². The minimum Gasteiger partial charge on any atom is -0.446 e. The lowest BCUT2D eigenvalue weighted by Crippen LogP contribution is -2.28. The van der Waals surface area contributed by atoms with Crippen LogP contribution in [0.5, 0.6) is 0 Å². The molecule has 0 unspecified atom stereocenters. The first-order valence-corrected chi connectivity index (χ1v) is 7.19. The van der Waals surface area contributed by atoms with Gasteiger partial charge < -0.3 is 10.1 Å². The second kappa shape index (κ2) is 15.3. The van der Waals surface area contributed by atoms with Crippen molar-refractivity contribution in [3.63, 3.8) is 0 Å². The molecule has 0 aromatic carbocycles. The number of carbonyl (C=O) groups is 1. The third kappa shape index (κ3) is 13.2. The van der Waals surface area contributed by atoms with Gasteiger partial charge in [0.05, 0.1) is 0 Å². The molecular formula is C14H31NO2. The molecule has 0 saturated heterocycles. The fourth-order valence-corrected chi connectivity index (χ4v) is 1.43. The molecule has 0 aromatic rings. The lowest BCUT2D eigenvalue weighted by molar-refractivity contribution is 0.101. The van der Waals surface area contributed by atoms with Gasteiger partial charge in [-0.2, -0.15) is 0 Å². The van der Waals surface area contributed by atoms with E-state index in [1.165, 1.54) is 19.3 Å². The van der Waals surface area contributed by atoms with Crippen molar-refractivity contribution in [2.75, 3.05) is 6.54 Å². The van der Waals surface area contributed by atoms with E-state index in [0.717, 1.165) is 19.3 Å². The molecule has 0 aromatic heterocycles. The lowest BCUT2D eigenvalue weighted by atomic mass is 10.3. The molecule has 1 N–H and O–H groups in total. The highest BCUT2D eigenvalue weighted by Crippen LogP contribution is 2.20. The van der Waals surface area contributed by atoms with Crippen LogP contribution in [0.4, 0.5) is 4.79 Å². The predicted molar refractivity (Wildman–Crippen MR) is 74.3 cm³/mol. The highest BCUT2D eigenvalue weighted by Gasteiger charge is 2.18. The van der Waals surface area contributed by atoms with Crippen molar-refractivity contribution in [3.05, 3.63) is 0 Å². The highest BCUT2D eigenvalue weighted by atomic mass is 16.6. The zero-order valence-corrected chi connectivity index (χ0v) is 12.3. The van der Waals surface area contributed by atoms with Gasteiger partial charge in [0.1, 0.15) is 6.10 Å². The fraction of sp³-hybridized carbons (Fsp3) is 0.929. The Balaban J connectivity index is 0. The molecule has 0 spiro atoms. The number of rotatable bonds is 3. The zero-order valence-electron chi connectivity index (χ0n) is 12.3. The smallest absolute Gasteiger partial charge is 0.407 e. The number of ether oxygens (including phenoxy) is 1. The third-order valence-corrected chi connectivity index (χ3v) is 2.10. The maximum Gasteiger partial charge on any atom is 0.407 e. The number of nitrogens with one attached hydrogen (secondary N) is 1. The predicted octanol–water partition coefficient (Wildman–Crippen LogP) is 4.51. The zero-order chi connectivity index (χ0) is 13.5. The van der Waals surface area contributed by atoms with Crippen molar-refractivity contribution in [2.24, 2.45) is 0 Å². The van der Waals surface area contributed by atoms with Gasteiger partial charge in [-0.1, -0.05) is 41.0 Å². The molecule has 3 heteroatoms. The van der Waals surface area contributed by atoms with Crippen molar-refractivity contribution in [3.8, 4) is 0 Å². The summed E-state index contributed by atoms with van der Waals surface area (Å²) in [6, 6.07) is 0. The summed E-state index contributed by atoms with van der Waals surface area (Å²) in [4.78, 5) is 11.0. The van der Waals surface area contributed by atoms with Crippen LogP contribution in [0.15, 0.2) is 0 Å². The summed E-state index contributed by atoms with van der Waals surface area (Å²) in [5, 5.41) is 2.70. The fourth-order valence-electron chi connectivity index (χ4n) is 1.43. The summed E-state index contributed by atoms with van der Waals surface area (Å²) >= 11 is 0. The maximum atomic E-state index is 11.0. The van der Waals surface area contributed by atoms with Gasteiger partial charge in [0.15, 0.2) is 0 Å². The summed E-state index contributed by atoms with van der Waals surface area (Å²) in [5.41, 5.74) is 0. The van der Waals surface area contributed by atoms with Crippen LogP contribution >= 0.6 is 0 Å². The average Bonchev–Trinajstić information content (AvgIpc) is 2.83. The quantitative estimate of drug-likeness (QED) is 0.794. The van der Waals surface area contributed by atoms with Crippen molar-refractivity contribution < 1.29 is 9.53 Å². The number of hydrogen-bond acceptors (Lipinski definition) is 2. The van der Waals surface area contributed by atoms with E-state index in [2.05, 4.69) is 19.2 Å². The first kappa shape index (κ1) is 18.6. The van der Waals surface area contributed by atoms with Gasteiger partial charge >= 0.3 is 6.09 Å². The van der Waals surface area contributed by atoms with Gasteiger partial charge in [-0.05, 0) is 32.1 Å². The summed E-state index contributed by atoms with van der Waals surface area (Å²) in [6.45, 7) is 11.0. The van der Waals surface area contributed by atoms with Crippen molar-refractivity contribution in [2.45, 2.75) is 79.2 Å². The molecule has 0 atom stereocenters. The molecule has 0 heterocycles. The molecule has 1 aliphatic carbocycles. The monoisotopic (exact) mass is 245 g/mol. The topological polar surface area (TPSA) is 38.3 Å². The van der Waals surface area contributed by atoms with Crippen LogP contribution in [0.2, 0.25) is 0 Å². The normalized spacial score (nSPS) is 13.9. The summed E-state index contributed by atoms with van der Waals surface area (Å²) < 4.78 is 5.16. The number of alkyl carbamates (subject to hydrolysis) is 1. The molecule has 1 aliphatic rings. The molecule has 0 aliphatic heterocycles. The van der Waals surface area contributed by atoms with E-state index in [-0.39, 0.29) is 12.2 Å². The Morgan fingerprint density at radius 1 is 1.18 bits per heavy atom. The molecule has 1 amide bonds. The molecule has 0 radical (unpaired) electrons. The van der Waals surface area contributed by atoms with Crippen LogP contribution < -0.4 is 5.32 Å². The van der Waals surface area contributed by atoms with E-state index in [4.69, 9.17) is 4.74 Å².